The van der Waals surface area contributed by atoms with Gasteiger partial charge in [0.2, 0.25) is 23.6 Å². The van der Waals surface area contributed by atoms with Gasteiger partial charge < -0.3 is 20.4 Å². The SMILES string of the molecule is CCC(=O)NC(CSC(=O)CC(=O)SCC(NC(=O)CC)C(=O)N(CC)CC)C(=O)N(CC)CC. The van der Waals surface area contributed by atoms with Crippen LogP contribution in [-0.2, 0) is 28.8 Å². The fourth-order valence-corrected chi connectivity index (χ4v) is 4.74. The van der Waals surface area contributed by atoms with E-state index in [1.165, 1.54) is 0 Å². The van der Waals surface area contributed by atoms with Gasteiger partial charge in [0.1, 0.15) is 12.1 Å². The summed E-state index contributed by atoms with van der Waals surface area (Å²) in [7, 11) is 0. The summed E-state index contributed by atoms with van der Waals surface area (Å²) in [6.45, 7) is 12.6. The highest BCUT2D eigenvalue weighted by Crippen LogP contribution is 2.16. The van der Waals surface area contributed by atoms with Crippen molar-refractivity contribution < 1.29 is 28.8 Å². The molecule has 0 fully saturated rings. The Morgan fingerprint density at radius 1 is 0.600 bits per heavy atom. The molecule has 200 valence electrons. The van der Waals surface area contributed by atoms with Crippen LogP contribution in [0.5, 0.6) is 0 Å². The molecule has 35 heavy (non-hydrogen) atoms. The van der Waals surface area contributed by atoms with Crippen molar-refractivity contribution in [1.82, 2.24) is 20.4 Å². The molecule has 0 aromatic heterocycles. The second-order valence-electron chi connectivity index (χ2n) is 7.51. The fraction of sp³-hybridized carbons (Fsp3) is 0.739. The average Bonchev–Trinajstić information content (AvgIpc) is 2.84. The number of carbonyl (C=O) groups is 6. The van der Waals surface area contributed by atoms with Crippen LogP contribution in [0.15, 0.2) is 0 Å². The molecule has 0 bridgehead atoms. The molecule has 12 heteroatoms. The molecule has 10 nitrogen and oxygen atoms in total. The van der Waals surface area contributed by atoms with Gasteiger partial charge in [0.15, 0.2) is 10.2 Å². The maximum Gasteiger partial charge on any atom is 0.246 e. The molecule has 0 saturated heterocycles. The lowest BCUT2D eigenvalue weighted by atomic mass is 10.2. The van der Waals surface area contributed by atoms with Crippen molar-refractivity contribution >= 4 is 57.4 Å². The van der Waals surface area contributed by atoms with Gasteiger partial charge in [0.05, 0.1) is 6.42 Å². The van der Waals surface area contributed by atoms with Gasteiger partial charge in [0.25, 0.3) is 0 Å². The van der Waals surface area contributed by atoms with Gasteiger partial charge in [-0.2, -0.15) is 0 Å². The topological polar surface area (TPSA) is 133 Å². The Morgan fingerprint density at radius 3 is 1.17 bits per heavy atom. The van der Waals surface area contributed by atoms with E-state index in [1.54, 1.807) is 23.6 Å². The average molecular weight is 533 g/mol. The third-order valence-electron chi connectivity index (χ3n) is 5.17. The van der Waals surface area contributed by atoms with E-state index in [1.807, 2.05) is 27.7 Å². The molecule has 0 saturated carbocycles. The Hall–Kier alpha value is -2.08. The van der Waals surface area contributed by atoms with Gasteiger partial charge in [-0.3, -0.25) is 28.8 Å². The number of rotatable bonds is 16. The molecule has 2 atom stereocenters. The normalized spacial score (nSPS) is 12.3. The standard InChI is InChI=1S/C23H40N4O6S2/c1-7-18(28)24-16(22(32)26(9-3)10-4)14-34-20(30)13-21(31)35-15-17(25-19(29)8-2)23(33)27(11-5)12-6/h16-17H,7-15H2,1-6H3,(H,24,28)(H,25,29). The molecule has 4 amide bonds. The molecule has 0 heterocycles. The van der Waals surface area contributed by atoms with E-state index in [0.717, 1.165) is 23.5 Å². The number of likely N-dealkylation sites (N-methyl/N-ethyl adjacent to an activating group) is 2. The third-order valence-corrected chi connectivity index (χ3v) is 7.10. The van der Waals surface area contributed by atoms with Crippen molar-refractivity contribution in [1.29, 1.82) is 0 Å². The first-order chi connectivity index (χ1) is 16.6. The molecule has 0 aliphatic carbocycles. The highest BCUT2D eigenvalue weighted by molar-refractivity contribution is 8.15. The first kappa shape index (κ1) is 32.9. The molecule has 0 aromatic carbocycles. The quantitative estimate of drug-likeness (QED) is 0.285. The van der Waals surface area contributed by atoms with Crippen molar-refractivity contribution in [3.63, 3.8) is 0 Å². The van der Waals surface area contributed by atoms with Crippen molar-refractivity contribution in [3.8, 4) is 0 Å². The highest BCUT2D eigenvalue weighted by Gasteiger charge is 2.27. The summed E-state index contributed by atoms with van der Waals surface area (Å²) >= 11 is 1.64. The maximum atomic E-state index is 12.7. The Morgan fingerprint density at radius 2 is 0.914 bits per heavy atom. The van der Waals surface area contributed by atoms with Crippen LogP contribution in [0, 0.1) is 0 Å². The van der Waals surface area contributed by atoms with Crippen LogP contribution in [0.4, 0.5) is 0 Å². The monoisotopic (exact) mass is 532 g/mol. The first-order valence-electron chi connectivity index (χ1n) is 12.1. The molecule has 2 N–H and O–H groups in total. The smallest absolute Gasteiger partial charge is 0.246 e. The van der Waals surface area contributed by atoms with E-state index in [0.29, 0.717) is 26.2 Å². The molecule has 2 unspecified atom stereocenters. The van der Waals surface area contributed by atoms with Gasteiger partial charge in [-0.05, 0) is 27.7 Å². The zero-order chi connectivity index (χ0) is 27.0. The number of thioether (sulfide) groups is 2. The summed E-state index contributed by atoms with van der Waals surface area (Å²) < 4.78 is 0. The van der Waals surface area contributed by atoms with E-state index in [2.05, 4.69) is 10.6 Å². The number of hydrogen-bond acceptors (Lipinski definition) is 8. The summed E-state index contributed by atoms with van der Waals surface area (Å²) in [4.78, 5) is 77.0. The van der Waals surface area contributed by atoms with E-state index in [9.17, 15) is 28.8 Å². The predicted octanol–water partition coefficient (Wildman–Crippen LogP) is 1.42. The van der Waals surface area contributed by atoms with Crippen LogP contribution < -0.4 is 10.6 Å². The van der Waals surface area contributed by atoms with Gasteiger partial charge in [-0.1, -0.05) is 37.4 Å². The highest BCUT2D eigenvalue weighted by atomic mass is 32.2. The predicted molar refractivity (Wildman–Crippen MR) is 140 cm³/mol. The van der Waals surface area contributed by atoms with Crippen LogP contribution in [0.25, 0.3) is 0 Å². The van der Waals surface area contributed by atoms with E-state index in [4.69, 9.17) is 0 Å². The van der Waals surface area contributed by atoms with Gasteiger partial charge in [0, 0.05) is 50.5 Å². The van der Waals surface area contributed by atoms with Gasteiger partial charge >= 0.3 is 0 Å². The summed E-state index contributed by atoms with van der Waals surface area (Å²) in [5.41, 5.74) is 0. The molecular weight excluding hydrogens is 492 g/mol. The molecule has 0 spiro atoms. The Balaban J connectivity index is 5.01. The summed E-state index contributed by atoms with van der Waals surface area (Å²) in [6, 6.07) is -1.72. The fourth-order valence-electron chi connectivity index (χ4n) is 3.03. The molecule has 0 aliphatic heterocycles. The van der Waals surface area contributed by atoms with Crippen molar-refractivity contribution in [2.75, 3.05) is 37.7 Å². The van der Waals surface area contributed by atoms with Crippen LogP contribution in [-0.4, -0.2) is 93.4 Å². The van der Waals surface area contributed by atoms with Crippen LogP contribution in [0.1, 0.15) is 60.8 Å². The second kappa shape index (κ2) is 18.2. The van der Waals surface area contributed by atoms with Crippen LogP contribution >= 0.6 is 23.5 Å². The molecular formula is C23H40N4O6S2. The molecule has 0 aliphatic rings. The van der Waals surface area contributed by atoms with Gasteiger partial charge in [-0.25, -0.2) is 0 Å². The number of nitrogens with zero attached hydrogens (tertiary/aromatic N) is 2. The Bertz CT molecular complexity index is 682. The molecule has 0 aromatic rings. The minimum atomic E-state index is -0.862. The number of hydrogen-bond donors (Lipinski definition) is 2. The molecule has 0 radical (unpaired) electrons. The summed E-state index contributed by atoms with van der Waals surface area (Å²) in [5, 5.41) is 4.42. The zero-order valence-electron chi connectivity index (χ0n) is 21.7. The van der Waals surface area contributed by atoms with Crippen molar-refractivity contribution in [2.24, 2.45) is 0 Å². The van der Waals surface area contributed by atoms with Crippen molar-refractivity contribution in [2.45, 2.75) is 72.9 Å². The Labute approximate surface area is 217 Å². The third kappa shape index (κ3) is 12.4. The largest absolute Gasteiger partial charge is 0.344 e. The van der Waals surface area contributed by atoms with Crippen LogP contribution in [0.2, 0.25) is 0 Å². The lowest BCUT2D eigenvalue weighted by Crippen LogP contribution is -2.50. The van der Waals surface area contributed by atoms with E-state index < -0.39 is 28.7 Å². The Kier molecular flexibility index (Phi) is 17.1. The van der Waals surface area contributed by atoms with E-state index >= 15 is 0 Å². The lowest BCUT2D eigenvalue weighted by molar-refractivity contribution is -0.135. The number of amides is 4. The number of nitrogens with one attached hydrogen (secondary N) is 2. The number of carbonyl (C=O) groups excluding carboxylic acids is 6. The summed E-state index contributed by atoms with van der Waals surface area (Å²) in [6.07, 6.45) is 0.0204. The van der Waals surface area contributed by atoms with Crippen molar-refractivity contribution in [3.05, 3.63) is 0 Å². The minimum Gasteiger partial charge on any atom is -0.344 e. The summed E-state index contributed by atoms with van der Waals surface area (Å²) in [5.74, 6) is -1.10. The molecule has 0 rings (SSSR count). The second-order valence-corrected chi connectivity index (χ2v) is 9.67. The van der Waals surface area contributed by atoms with Crippen LogP contribution in [0.3, 0.4) is 0 Å². The maximum absolute atomic E-state index is 12.7. The van der Waals surface area contributed by atoms with E-state index in [-0.39, 0.29) is 48.0 Å². The first-order valence-corrected chi connectivity index (χ1v) is 14.0. The minimum absolute atomic E-state index is 0.0213. The van der Waals surface area contributed by atoms with Gasteiger partial charge in [-0.15, -0.1) is 0 Å². The lowest BCUT2D eigenvalue weighted by Gasteiger charge is -2.25. The zero-order valence-corrected chi connectivity index (χ0v) is 23.3.